The molecule has 0 spiro atoms. The first kappa shape index (κ1) is 29.5. The highest BCUT2D eigenvalue weighted by molar-refractivity contribution is 7.98. The van der Waals surface area contributed by atoms with Crippen molar-refractivity contribution in [2.45, 2.75) is 16.7 Å². The van der Waals surface area contributed by atoms with Gasteiger partial charge in [-0.2, -0.15) is 5.10 Å². The molecule has 1 heterocycles. The molecule has 0 fully saturated rings. The maximum absolute atomic E-state index is 13.6. The molecule has 4 rings (SSSR count). The molecule has 0 radical (unpaired) electrons. The Hall–Kier alpha value is -3.44. The Morgan fingerprint density at radius 1 is 1.05 bits per heavy atom. The molecule has 8 nitrogen and oxygen atoms in total. The number of rotatable bonds is 11. The lowest BCUT2D eigenvalue weighted by molar-refractivity contribution is -0.119. The molecule has 0 aliphatic carbocycles. The van der Waals surface area contributed by atoms with Gasteiger partial charge in [0.15, 0.2) is 0 Å². The van der Waals surface area contributed by atoms with E-state index in [0.717, 1.165) is 9.20 Å². The van der Waals surface area contributed by atoms with E-state index in [1.165, 1.54) is 30.1 Å². The van der Waals surface area contributed by atoms with Crippen molar-refractivity contribution in [1.82, 2.24) is 5.43 Å². The quantitative estimate of drug-likeness (QED) is 0.114. The molecule has 1 amide bonds. The fraction of sp³-hybridized carbons (Fsp3) is 0.143. The van der Waals surface area contributed by atoms with Gasteiger partial charge < -0.3 is 9.15 Å². The maximum Gasteiger partial charge on any atom is 0.264 e. The molecule has 1 N–H and O–H groups in total. The van der Waals surface area contributed by atoms with Crippen LogP contribution in [0, 0.1) is 0 Å². The molecule has 3 aromatic carbocycles. The van der Waals surface area contributed by atoms with E-state index in [0.29, 0.717) is 45.2 Å². The predicted octanol–water partition coefficient (Wildman–Crippen LogP) is 6.72. The van der Waals surface area contributed by atoms with Gasteiger partial charge in [-0.25, -0.2) is 13.8 Å². The summed E-state index contributed by atoms with van der Waals surface area (Å²) in [6.07, 6.45) is 3.21. The van der Waals surface area contributed by atoms with Gasteiger partial charge in [-0.1, -0.05) is 23.2 Å². The Kier molecular flexibility index (Phi) is 9.80. The highest BCUT2D eigenvalue weighted by atomic mass is 35.5. The molecule has 0 unspecified atom stereocenters. The number of thioether (sulfide) groups is 1. The first-order chi connectivity index (χ1) is 19.2. The second kappa shape index (κ2) is 13.3. The van der Waals surface area contributed by atoms with Gasteiger partial charge in [0.05, 0.1) is 28.4 Å². The topological polar surface area (TPSA) is 101 Å². The number of carbonyl (C=O) groups excluding carboxylic acids is 1. The number of halogens is 2. The van der Waals surface area contributed by atoms with Crippen molar-refractivity contribution in [2.24, 2.45) is 5.10 Å². The van der Waals surface area contributed by atoms with Crippen LogP contribution in [0.2, 0.25) is 10.0 Å². The van der Waals surface area contributed by atoms with Crippen LogP contribution in [0.25, 0.3) is 11.3 Å². The van der Waals surface area contributed by atoms with Crippen LogP contribution in [0.1, 0.15) is 12.7 Å². The molecule has 0 saturated heterocycles. The highest BCUT2D eigenvalue weighted by Crippen LogP contribution is 2.31. The van der Waals surface area contributed by atoms with Gasteiger partial charge in [0.2, 0.25) is 0 Å². The minimum Gasteiger partial charge on any atom is -0.494 e. The Morgan fingerprint density at radius 3 is 2.42 bits per heavy atom. The number of hydrogen-bond acceptors (Lipinski definition) is 7. The fourth-order valence-corrected chi connectivity index (χ4v) is 5.99. The molecule has 40 heavy (non-hydrogen) atoms. The van der Waals surface area contributed by atoms with Gasteiger partial charge in [-0.15, -0.1) is 11.8 Å². The van der Waals surface area contributed by atoms with Gasteiger partial charge in [0, 0.05) is 15.5 Å². The molecule has 0 saturated carbocycles. The number of carbonyl (C=O) groups is 1. The fourth-order valence-electron chi connectivity index (χ4n) is 3.66. The molecule has 0 atom stereocenters. The van der Waals surface area contributed by atoms with Crippen molar-refractivity contribution in [1.29, 1.82) is 0 Å². The third-order valence-electron chi connectivity index (χ3n) is 5.57. The Balaban J connectivity index is 1.51. The Morgan fingerprint density at radius 2 is 1.77 bits per heavy atom. The van der Waals surface area contributed by atoms with Crippen molar-refractivity contribution in [2.75, 3.05) is 23.7 Å². The van der Waals surface area contributed by atoms with Crippen molar-refractivity contribution in [3.8, 4) is 17.1 Å². The lowest BCUT2D eigenvalue weighted by atomic mass is 10.2. The number of amides is 1. The van der Waals surface area contributed by atoms with E-state index in [4.69, 9.17) is 32.4 Å². The van der Waals surface area contributed by atoms with E-state index < -0.39 is 22.5 Å². The standard InChI is InChI=1S/C28H25Cl2N3O5S2/c1-3-37-21-7-5-20(6-8-21)33(40(35,36)24-12-10-23(39-2)11-13-24)18-28(34)32-31-17-22-9-15-27(38-22)25-14-4-19(29)16-26(25)30/h4-17H,3,18H2,1-2H3,(H,32,34)/b31-17-. The summed E-state index contributed by atoms with van der Waals surface area (Å²) >= 11 is 13.7. The monoisotopic (exact) mass is 617 g/mol. The number of anilines is 1. The van der Waals surface area contributed by atoms with Crippen LogP contribution in [0.15, 0.2) is 98.2 Å². The van der Waals surface area contributed by atoms with Crippen LogP contribution in [0.5, 0.6) is 5.75 Å². The van der Waals surface area contributed by atoms with Gasteiger partial charge >= 0.3 is 0 Å². The molecular formula is C28H25Cl2N3O5S2. The van der Waals surface area contributed by atoms with E-state index in [-0.39, 0.29) is 4.90 Å². The predicted molar refractivity (Wildman–Crippen MR) is 160 cm³/mol. The smallest absolute Gasteiger partial charge is 0.264 e. The third kappa shape index (κ3) is 7.19. The zero-order chi connectivity index (χ0) is 28.7. The minimum absolute atomic E-state index is 0.0551. The van der Waals surface area contributed by atoms with Gasteiger partial charge in [0.25, 0.3) is 15.9 Å². The first-order valence-electron chi connectivity index (χ1n) is 12.0. The lowest BCUT2D eigenvalue weighted by Gasteiger charge is -2.24. The van der Waals surface area contributed by atoms with E-state index in [2.05, 4.69) is 10.5 Å². The summed E-state index contributed by atoms with van der Waals surface area (Å²) < 4.78 is 39.4. The summed E-state index contributed by atoms with van der Waals surface area (Å²) in [5.74, 6) is 0.780. The van der Waals surface area contributed by atoms with E-state index >= 15 is 0 Å². The number of hydrazone groups is 1. The number of nitrogens with one attached hydrogen (secondary N) is 1. The Labute approximate surface area is 247 Å². The van der Waals surface area contributed by atoms with Crippen LogP contribution >= 0.6 is 35.0 Å². The largest absolute Gasteiger partial charge is 0.494 e. The highest BCUT2D eigenvalue weighted by Gasteiger charge is 2.27. The van der Waals surface area contributed by atoms with Gasteiger partial charge in [-0.3, -0.25) is 9.10 Å². The lowest BCUT2D eigenvalue weighted by Crippen LogP contribution is -2.39. The summed E-state index contributed by atoms with van der Waals surface area (Å²) in [5, 5.41) is 4.86. The van der Waals surface area contributed by atoms with Crippen LogP contribution in [0.3, 0.4) is 0 Å². The first-order valence-corrected chi connectivity index (χ1v) is 15.4. The normalized spacial score (nSPS) is 11.5. The molecule has 1 aromatic heterocycles. The van der Waals surface area contributed by atoms with Crippen molar-refractivity contribution >= 4 is 62.8 Å². The minimum atomic E-state index is -4.08. The summed E-state index contributed by atoms with van der Waals surface area (Å²) in [6, 6.07) is 21.3. The molecule has 0 aliphatic rings. The third-order valence-corrected chi connectivity index (χ3v) is 8.65. The van der Waals surface area contributed by atoms with Gasteiger partial charge in [-0.05, 0) is 92.0 Å². The van der Waals surface area contributed by atoms with Crippen molar-refractivity contribution in [3.05, 3.63) is 94.7 Å². The molecule has 0 aliphatic heterocycles. The average Bonchev–Trinajstić information content (AvgIpc) is 3.41. The van der Waals surface area contributed by atoms with E-state index in [1.807, 2.05) is 13.2 Å². The number of benzene rings is 3. The second-order valence-electron chi connectivity index (χ2n) is 8.23. The van der Waals surface area contributed by atoms with Crippen LogP contribution in [0.4, 0.5) is 5.69 Å². The van der Waals surface area contributed by atoms with Gasteiger partial charge in [0.1, 0.15) is 23.8 Å². The number of nitrogens with zero attached hydrogens (tertiary/aromatic N) is 2. The molecule has 0 bridgehead atoms. The summed E-state index contributed by atoms with van der Waals surface area (Å²) in [6.45, 7) is 1.80. The van der Waals surface area contributed by atoms with E-state index in [1.54, 1.807) is 66.7 Å². The molecule has 4 aromatic rings. The zero-order valence-electron chi connectivity index (χ0n) is 21.5. The SMILES string of the molecule is CCOc1ccc(N(CC(=O)N/N=C\c2ccc(-c3ccc(Cl)cc3Cl)o2)S(=O)(=O)c2ccc(SC)cc2)cc1. The number of sulfonamides is 1. The number of ether oxygens (including phenoxy) is 1. The second-order valence-corrected chi connectivity index (χ2v) is 11.8. The van der Waals surface area contributed by atoms with Crippen LogP contribution in [-0.4, -0.2) is 39.9 Å². The average molecular weight is 619 g/mol. The Bertz CT molecular complexity index is 1610. The van der Waals surface area contributed by atoms with Crippen LogP contribution < -0.4 is 14.5 Å². The maximum atomic E-state index is 13.6. The molecule has 208 valence electrons. The zero-order valence-corrected chi connectivity index (χ0v) is 24.7. The van der Waals surface area contributed by atoms with E-state index in [9.17, 15) is 13.2 Å². The summed E-state index contributed by atoms with van der Waals surface area (Å²) in [5.41, 5.74) is 3.31. The summed E-state index contributed by atoms with van der Waals surface area (Å²) in [4.78, 5) is 13.8. The van der Waals surface area contributed by atoms with Crippen LogP contribution in [-0.2, 0) is 14.8 Å². The summed E-state index contributed by atoms with van der Waals surface area (Å²) in [7, 11) is -4.08. The van der Waals surface area contributed by atoms with Crippen molar-refractivity contribution in [3.63, 3.8) is 0 Å². The number of furan rings is 1. The molecular weight excluding hydrogens is 593 g/mol. The van der Waals surface area contributed by atoms with Crippen molar-refractivity contribution < 1.29 is 22.4 Å². The molecule has 12 heteroatoms. The number of hydrogen-bond donors (Lipinski definition) is 1.